The number of unbranched alkanes of at least 4 members (excludes halogenated alkanes) is 2. The first-order valence-corrected chi connectivity index (χ1v) is 31.8. The van der Waals surface area contributed by atoms with E-state index >= 15 is 0 Å². The van der Waals surface area contributed by atoms with E-state index < -0.39 is 0 Å². The second-order valence-electron chi connectivity index (χ2n) is 27.8. The highest BCUT2D eigenvalue weighted by atomic mass is 14.3. The predicted molar refractivity (Wildman–Crippen MR) is 317 cm³/mol. The zero-order chi connectivity index (χ0) is 51.6. The average molecular weight is 962 g/mol. The van der Waals surface area contributed by atoms with E-state index in [0.29, 0.717) is 0 Å². The second-order valence-corrected chi connectivity index (χ2v) is 27.8. The van der Waals surface area contributed by atoms with E-state index in [0.717, 1.165) is 65.1 Å². The summed E-state index contributed by atoms with van der Waals surface area (Å²) in [5.74, 6) is 9.51. The molecule has 0 aliphatic heterocycles. The van der Waals surface area contributed by atoms with Gasteiger partial charge in [-0.2, -0.15) is 0 Å². The third kappa shape index (κ3) is 35.9. The van der Waals surface area contributed by atoms with E-state index in [1.807, 2.05) is 0 Å². The molecule has 0 aromatic heterocycles. The van der Waals surface area contributed by atoms with Crippen LogP contribution in [0, 0.1) is 65.1 Å². The van der Waals surface area contributed by atoms with Gasteiger partial charge >= 0.3 is 0 Å². The Balaban J connectivity index is 2.90. The molecule has 69 heavy (non-hydrogen) atoms. The number of hydrogen-bond donors (Lipinski definition) is 0. The van der Waals surface area contributed by atoms with Gasteiger partial charge in [0.1, 0.15) is 0 Å². The fourth-order valence-corrected chi connectivity index (χ4v) is 12.2. The summed E-state index contributed by atoms with van der Waals surface area (Å²) >= 11 is 0. The van der Waals surface area contributed by atoms with Crippen molar-refractivity contribution >= 4 is 0 Å². The standard InChI is InChI=1S/C69H132/c1-18-19-20-31-56(6)34-23-37-59(9)41-27-44-63(13)47-50-66-52-65(49-46-62(12)43-26-40-60(10)38-24-35-57(7)32-21-29-54(2)3)53-67(68(66)69(15,16)17)51-48-64(14)45-28-42-61(11)39-25-36-58(8)33-22-30-55(4)5/h52-64H,18-51H2,1-17H3. The Bertz CT molecular complexity index is 1310. The Hall–Kier alpha value is -0.780. The first-order valence-electron chi connectivity index (χ1n) is 31.8. The van der Waals surface area contributed by atoms with Crippen molar-refractivity contribution in [2.75, 3.05) is 0 Å². The van der Waals surface area contributed by atoms with Gasteiger partial charge in [-0.25, -0.2) is 0 Å². The summed E-state index contributed by atoms with van der Waals surface area (Å²) in [6.07, 6.45) is 47.5. The van der Waals surface area contributed by atoms with Crippen molar-refractivity contribution in [3.8, 4) is 0 Å². The minimum Gasteiger partial charge on any atom is -0.0654 e. The molecule has 0 heterocycles. The van der Waals surface area contributed by atoms with Gasteiger partial charge in [-0.1, -0.05) is 310 Å². The summed E-state index contributed by atoms with van der Waals surface area (Å²) in [7, 11) is 0. The summed E-state index contributed by atoms with van der Waals surface area (Å²) < 4.78 is 0. The Labute approximate surface area is 438 Å². The van der Waals surface area contributed by atoms with Crippen molar-refractivity contribution in [2.45, 2.75) is 341 Å². The van der Waals surface area contributed by atoms with E-state index in [2.05, 4.69) is 130 Å². The lowest BCUT2D eigenvalue weighted by Crippen LogP contribution is -2.19. The molecule has 0 amide bonds. The maximum Gasteiger partial charge on any atom is -0.0126 e. The van der Waals surface area contributed by atoms with Crippen LogP contribution in [0.4, 0.5) is 0 Å². The summed E-state index contributed by atoms with van der Waals surface area (Å²) in [4.78, 5) is 0. The minimum absolute atomic E-state index is 0.176. The highest BCUT2D eigenvalue weighted by Crippen LogP contribution is 2.35. The SMILES string of the molecule is CCCCCC(C)CCCC(C)CCCC(C)CCc1cc(CCC(C)CCCC(C)CCCC(C)CCCC(C)C)cc(CCC(C)CCCC(C)CCCC(C)CCCC(C)C)c1C(C)(C)C. The van der Waals surface area contributed by atoms with Gasteiger partial charge < -0.3 is 0 Å². The zero-order valence-electron chi connectivity index (χ0n) is 51.0. The Morgan fingerprint density at radius 3 is 0.768 bits per heavy atom. The fraction of sp³-hybridized carbons (Fsp3) is 0.913. The Kier molecular flexibility index (Phi) is 38.1. The largest absolute Gasteiger partial charge is 0.0654 e. The van der Waals surface area contributed by atoms with Gasteiger partial charge in [0.2, 0.25) is 0 Å². The van der Waals surface area contributed by atoms with Crippen LogP contribution < -0.4 is 0 Å². The van der Waals surface area contributed by atoms with Crippen LogP contribution in [0.1, 0.15) is 339 Å². The summed E-state index contributed by atoms with van der Waals surface area (Å²) in [5, 5.41) is 0. The molecular formula is C69H132. The maximum atomic E-state index is 2.72. The number of aryl methyl sites for hydroxylation is 3. The van der Waals surface area contributed by atoms with E-state index in [1.165, 1.54) is 218 Å². The van der Waals surface area contributed by atoms with E-state index in [9.17, 15) is 0 Å². The molecular weight excluding hydrogens is 829 g/mol. The summed E-state index contributed by atoms with van der Waals surface area (Å²) in [6, 6.07) is 5.44. The third-order valence-electron chi connectivity index (χ3n) is 17.5. The normalized spacial score (nSPS) is 16.4. The van der Waals surface area contributed by atoms with Crippen molar-refractivity contribution in [2.24, 2.45) is 65.1 Å². The van der Waals surface area contributed by atoms with Crippen LogP contribution >= 0.6 is 0 Å². The van der Waals surface area contributed by atoms with Gasteiger partial charge in [-0.15, -0.1) is 0 Å². The number of hydrogen-bond acceptors (Lipinski definition) is 0. The first kappa shape index (κ1) is 66.2. The lowest BCUT2D eigenvalue weighted by molar-refractivity contribution is 0.374. The predicted octanol–water partition coefficient (Wildman–Crippen LogP) is 23.8. The van der Waals surface area contributed by atoms with E-state index in [1.54, 1.807) is 22.3 Å². The molecule has 1 aromatic carbocycles. The fourth-order valence-electron chi connectivity index (χ4n) is 12.2. The van der Waals surface area contributed by atoms with E-state index in [4.69, 9.17) is 0 Å². The molecule has 0 aliphatic carbocycles. The van der Waals surface area contributed by atoms with Crippen molar-refractivity contribution in [1.82, 2.24) is 0 Å². The molecule has 408 valence electrons. The summed E-state index contributed by atoms with van der Waals surface area (Å²) in [6.45, 7) is 42.2. The van der Waals surface area contributed by atoms with Gasteiger partial charge in [0, 0.05) is 0 Å². The average Bonchev–Trinajstić information content (AvgIpc) is 3.26. The molecule has 1 rings (SSSR count). The lowest BCUT2D eigenvalue weighted by atomic mass is 9.76. The van der Waals surface area contributed by atoms with Crippen molar-refractivity contribution in [3.05, 3.63) is 34.4 Å². The molecule has 9 atom stereocenters. The highest BCUT2D eigenvalue weighted by Gasteiger charge is 2.24. The summed E-state index contributed by atoms with van der Waals surface area (Å²) in [5.41, 5.74) is 6.94. The third-order valence-corrected chi connectivity index (χ3v) is 17.5. The quantitative estimate of drug-likeness (QED) is 0.0572. The van der Waals surface area contributed by atoms with Crippen LogP contribution in [0.25, 0.3) is 0 Å². The maximum absolute atomic E-state index is 2.72. The van der Waals surface area contributed by atoms with Crippen LogP contribution in [0.5, 0.6) is 0 Å². The molecule has 0 saturated heterocycles. The topological polar surface area (TPSA) is 0 Å². The molecule has 0 bridgehead atoms. The van der Waals surface area contributed by atoms with Gasteiger partial charge in [0.25, 0.3) is 0 Å². The van der Waals surface area contributed by atoms with Gasteiger partial charge in [0.05, 0.1) is 0 Å². The smallest absolute Gasteiger partial charge is 0.0126 e. The van der Waals surface area contributed by atoms with E-state index in [-0.39, 0.29) is 5.41 Å². The number of benzene rings is 1. The molecule has 0 fully saturated rings. The van der Waals surface area contributed by atoms with Gasteiger partial charge in [-0.05, 0) is 131 Å². The zero-order valence-corrected chi connectivity index (χ0v) is 51.0. The molecule has 0 aliphatic rings. The van der Waals surface area contributed by atoms with Crippen LogP contribution in [0.3, 0.4) is 0 Å². The highest BCUT2D eigenvalue weighted by molar-refractivity contribution is 5.44. The molecule has 0 radical (unpaired) electrons. The van der Waals surface area contributed by atoms with Crippen molar-refractivity contribution < 1.29 is 0 Å². The van der Waals surface area contributed by atoms with Gasteiger partial charge in [-0.3, -0.25) is 0 Å². The molecule has 0 saturated carbocycles. The van der Waals surface area contributed by atoms with Crippen LogP contribution in [0.15, 0.2) is 12.1 Å². The monoisotopic (exact) mass is 961 g/mol. The van der Waals surface area contributed by atoms with Crippen LogP contribution in [-0.4, -0.2) is 0 Å². The lowest BCUT2D eigenvalue weighted by Gasteiger charge is -2.29. The molecule has 0 nitrogen and oxygen atoms in total. The van der Waals surface area contributed by atoms with Crippen LogP contribution in [-0.2, 0) is 24.7 Å². The van der Waals surface area contributed by atoms with Gasteiger partial charge in [0.15, 0.2) is 0 Å². The molecule has 9 unspecified atom stereocenters. The molecule has 0 spiro atoms. The molecule has 0 N–H and O–H groups in total. The van der Waals surface area contributed by atoms with Crippen molar-refractivity contribution in [3.63, 3.8) is 0 Å². The first-order chi connectivity index (χ1) is 32.7. The minimum atomic E-state index is 0.176. The van der Waals surface area contributed by atoms with Crippen molar-refractivity contribution in [1.29, 1.82) is 0 Å². The Morgan fingerprint density at radius 2 is 0.522 bits per heavy atom. The van der Waals surface area contributed by atoms with Crippen LogP contribution in [0.2, 0.25) is 0 Å². The second kappa shape index (κ2) is 39.7. The number of rotatable bonds is 45. The Morgan fingerprint density at radius 1 is 0.290 bits per heavy atom. The molecule has 1 aromatic rings. The molecule has 0 heteroatoms.